The Labute approximate surface area is 161 Å². The highest BCUT2D eigenvalue weighted by Gasteiger charge is 2.34. The molecule has 0 bridgehead atoms. The van der Waals surface area contributed by atoms with E-state index in [0.29, 0.717) is 24.6 Å². The van der Waals surface area contributed by atoms with Crippen LogP contribution in [-0.4, -0.2) is 49.0 Å². The van der Waals surface area contributed by atoms with Gasteiger partial charge < -0.3 is 14.6 Å². The number of amides is 1. The molecule has 0 saturated carbocycles. The van der Waals surface area contributed by atoms with Crippen molar-refractivity contribution in [1.82, 2.24) is 19.8 Å². The largest absolute Gasteiger partial charge is 0.495 e. The number of sulfonamides is 1. The monoisotopic (exact) mass is 412 g/mol. The van der Waals surface area contributed by atoms with E-state index in [4.69, 9.17) is 9.26 Å². The summed E-state index contributed by atoms with van der Waals surface area (Å²) >= 11 is 0. The number of nitrogens with one attached hydrogen (secondary N) is 1. The van der Waals surface area contributed by atoms with Gasteiger partial charge in [0.2, 0.25) is 21.8 Å². The van der Waals surface area contributed by atoms with Crippen LogP contribution in [0.4, 0.5) is 4.39 Å². The molecule has 1 aliphatic rings. The summed E-state index contributed by atoms with van der Waals surface area (Å²) in [5.41, 5.74) is 0. The number of carbonyl (C=O) groups is 1. The summed E-state index contributed by atoms with van der Waals surface area (Å²) in [5.74, 6) is -0.318. The molecule has 28 heavy (non-hydrogen) atoms. The van der Waals surface area contributed by atoms with Gasteiger partial charge in [0.25, 0.3) is 0 Å². The highest BCUT2D eigenvalue weighted by molar-refractivity contribution is 7.89. The Morgan fingerprint density at radius 1 is 1.39 bits per heavy atom. The van der Waals surface area contributed by atoms with E-state index < -0.39 is 15.8 Å². The maximum Gasteiger partial charge on any atom is 0.246 e. The zero-order valence-corrected chi connectivity index (χ0v) is 16.3. The van der Waals surface area contributed by atoms with Crippen molar-refractivity contribution in [2.24, 2.45) is 5.92 Å². The van der Waals surface area contributed by atoms with Crippen LogP contribution in [0.1, 0.15) is 24.6 Å². The van der Waals surface area contributed by atoms with Crippen LogP contribution in [0.2, 0.25) is 0 Å². The van der Waals surface area contributed by atoms with Crippen molar-refractivity contribution < 1.29 is 26.9 Å². The molecule has 2 heterocycles. The van der Waals surface area contributed by atoms with Gasteiger partial charge in [-0.05, 0) is 38.0 Å². The smallest absolute Gasteiger partial charge is 0.246 e. The number of carbonyl (C=O) groups excluding carboxylic acids is 1. The summed E-state index contributed by atoms with van der Waals surface area (Å²) in [6.07, 6.45) is 0.705. The van der Waals surface area contributed by atoms with Crippen LogP contribution in [0.25, 0.3) is 0 Å². The Hall–Kier alpha value is -2.53. The molecule has 0 atom stereocenters. The Bertz CT molecular complexity index is 954. The van der Waals surface area contributed by atoms with Crippen LogP contribution >= 0.6 is 0 Å². The number of methoxy groups -OCH3 is 1. The third kappa shape index (κ3) is 4.30. The van der Waals surface area contributed by atoms with Crippen molar-refractivity contribution >= 4 is 15.9 Å². The molecule has 1 aliphatic heterocycles. The number of aromatic nitrogens is 2. The second-order valence-electron chi connectivity index (χ2n) is 6.43. The third-order valence-electron chi connectivity index (χ3n) is 4.55. The molecule has 0 spiro atoms. The molecule has 1 aromatic heterocycles. The number of hydrogen-bond donors (Lipinski definition) is 1. The molecule has 2 aromatic rings. The van der Waals surface area contributed by atoms with Crippen LogP contribution in [0, 0.1) is 18.7 Å². The van der Waals surface area contributed by atoms with E-state index in [1.807, 2.05) is 0 Å². The second-order valence-corrected chi connectivity index (χ2v) is 8.33. The van der Waals surface area contributed by atoms with Gasteiger partial charge >= 0.3 is 0 Å². The Morgan fingerprint density at radius 2 is 2.11 bits per heavy atom. The Morgan fingerprint density at radius 3 is 2.71 bits per heavy atom. The van der Waals surface area contributed by atoms with Crippen molar-refractivity contribution in [3.8, 4) is 5.75 Å². The first kappa shape index (κ1) is 20.2. The number of piperidine rings is 1. The molecular formula is C17H21FN4O5S. The van der Waals surface area contributed by atoms with Gasteiger partial charge in [-0.2, -0.15) is 9.29 Å². The average Bonchev–Trinajstić information content (AvgIpc) is 3.11. The van der Waals surface area contributed by atoms with Crippen LogP contribution in [0.3, 0.4) is 0 Å². The summed E-state index contributed by atoms with van der Waals surface area (Å²) in [6.45, 7) is 2.11. The number of ether oxygens (including phenoxy) is 1. The summed E-state index contributed by atoms with van der Waals surface area (Å²) in [5, 5.41) is 6.37. The lowest BCUT2D eigenvalue weighted by atomic mass is 9.97. The van der Waals surface area contributed by atoms with E-state index >= 15 is 0 Å². The number of benzene rings is 1. The highest BCUT2D eigenvalue weighted by atomic mass is 32.2. The van der Waals surface area contributed by atoms with Gasteiger partial charge in [-0.1, -0.05) is 5.16 Å². The topological polar surface area (TPSA) is 115 Å². The first-order chi connectivity index (χ1) is 13.3. The molecule has 9 nitrogen and oxygen atoms in total. The minimum atomic E-state index is -3.93. The lowest BCUT2D eigenvalue weighted by Gasteiger charge is -2.30. The first-order valence-corrected chi connectivity index (χ1v) is 10.2. The summed E-state index contributed by atoms with van der Waals surface area (Å²) in [6, 6.07) is 3.36. The molecule has 1 amide bonds. The third-order valence-corrected chi connectivity index (χ3v) is 6.47. The maximum absolute atomic E-state index is 13.6. The second kappa shape index (κ2) is 8.23. The van der Waals surface area contributed by atoms with Crippen molar-refractivity contribution in [1.29, 1.82) is 0 Å². The summed E-state index contributed by atoms with van der Waals surface area (Å²) in [7, 11) is -2.60. The van der Waals surface area contributed by atoms with E-state index in [1.54, 1.807) is 6.92 Å². The first-order valence-electron chi connectivity index (χ1n) is 8.72. The number of halogens is 1. The predicted molar refractivity (Wildman–Crippen MR) is 95.3 cm³/mol. The molecule has 1 N–H and O–H groups in total. The van der Waals surface area contributed by atoms with Crippen molar-refractivity contribution in [3.63, 3.8) is 0 Å². The molecule has 1 saturated heterocycles. The van der Waals surface area contributed by atoms with Crippen LogP contribution in [0.5, 0.6) is 5.75 Å². The SMILES string of the molecule is COc1ccc(F)cc1S(=O)(=O)N1CCC(C(=O)NCc2nc(C)no2)CC1. The van der Waals surface area contributed by atoms with Crippen molar-refractivity contribution in [2.45, 2.75) is 31.2 Å². The van der Waals surface area contributed by atoms with Gasteiger partial charge in [0, 0.05) is 19.0 Å². The Kier molecular flexibility index (Phi) is 5.94. The highest BCUT2D eigenvalue weighted by Crippen LogP contribution is 2.30. The van der Waals surface area contributed by atoms with Gasteiger partial charge in [0.15, 0.2) is 5.82 Å². The lowest BCUT2D eigenvalue weighted by molar-refractivity contribution is -0.126. The lowest BCUT2D eigenvalue weighted by Crippen LogP contribution is -2.43. The molecular weight excluding hydrogens is 391 g/mol. The number of rotatable bonds is 6. The number of aryl methyl sites for hydroxylation is 1. The number of hydrogen-bond acceptors (Lipinski definition) is 7. The van der Waals surface area contributed by atoms with Gasteiger partial charge in [0.1, 0.15) is 16.5 Å². The minimum Gasteiger partial charge on any atom is -0.495 e. The quantitative estimate of drug-likeness (QED) is 0.759. The van der Waals surface area contributed by atoms with Crippen LogP contribution in [0.15, 0.2) is 27.6 Å². The fourth-order valence-electron chi connectivity index (χ4n) is 3.07. The van der Waals surface area contributed by atoms with Gasteiger partial charge in [-0.3, -0.25) is 4.79 Å². The summed E-state index contributed by atoms with van der Waals surface area (Å²) in [4.78, 5) is 16.1. The maximum atomic E-state index is 13.6. The standard InChI is InChI=1S/C17H21FN4O5S/c1-11-20-16(27-21-11)10-19-17(23)12-5-7-22(8-6-12)28(24,25)15-9-13(18)3-4-14(15)26-2/h3-4,9,12H,5-8,10H2,1-2H3,(H,19,23). The fraction of sp³-hybridized carbons (Fsp3) is 0.471. The average molecular weight is 412 g/mol. The van der Waals surface area contributed by atoms with Crippen LogP contribution < -0.4 is 10.1 Å². The molecule has 3 rings (SSSR count). The van der Waals surface area contributed by atoms with Crippen molar-refractivity contribution in [3.05, 3.63) is 35.7 Å². The van der Waals surface area contributed by atoms with E-state index in [0.717, 1.165) is 12.1 Å². The molecule has 0 aliphatic carbocycles. The van der Waals surface area contributed by atoms with Crippen LogP contribution in [-0.2, 0) is 21.4 Å². The van der Waals surface area contributed by atoms with E-state index in [9.17, 15) is 17.6 Å². The van der Waals surface area contributed by atoms with Crippen molar-refractivity contribution in [2.75, 3.05) is 20.2 Å². The predicted octanol–water partition coefficient (Wildman–Crippen LogP) is 1.24. The molecule has 0 unspecified atom stereocenters. The van der Waals surface area contributed by atoms with Gasteiger partial charge in [-0.15, -0.1) is 0 Å². The molecule has 11 heteroatoms. The molecule has 1 aromatic carbocycles. The Balaban J connectivity index is 1.61. The van der Waals surface area contributed by atoms with E-state index in [2.05, 4.69) is 15.5 Å². The van der Waals surface area contributed by atoms with Gasteiger partial charge in [-0.25, -0.2) is 12.8 Å². The zero-order chi connectivity index (χ0) is 20.3. The number of nitrogens with zero attached hydrogens (tertiary/aromatic N) is 3. The molecule has 1 fully saturated rings. The fourth-order valence-corrected chi connectivity index (χ4v) is 4.71. The van der Waals surface area contributed by atoms with E-state index in [-0.39, 0.29) is 42.1 Å². The van der Waals surface area contributed by atoms with Gasteiger partial charge in [0.05, 0.1) is 13.7 Å². The molecule has 0 radical (unpaired) electrons. The zero-order valence-electron chi connectivity index (χ0n) is 15.5. The normalized spacial score (nSPS) is 16.1. The molecule has 152 valence electrons. The van der Waals surface area contributed by atoms with E-state index in [1.165, 1.54) is 17.5 Å². The summed E-state index contributed by atoms with van der Waals surface area (Å²) < 4.78 is 50.5. The minimum absolute atomic E-state index is 0.0797.